The molecule has 0 amide bonds. The van der Waals surface area contributed by atoms with Crippen LogP contribution in [-0.2, 0) is 11.3 Å². The first-order chi connectivity index (χ1) is 8.72. The Kier molecular flexibility index (Phi) is 3.33. The molecule has 0 bridgehead atoms. The number of hydrogen-bond acceptors (Lipinski definition) is 1. The lowest BCUT2D eigenvalue weighted by atomic mass is 9.64. The molecule has 2 atom stereocenters. The molecule has 2 saturated carbocycles. The molecule has 18 heavy (non-hydrogen) atoms. The van der Waals surface area contributed by atoms with Gasteiger partial charge in [0, 0.05) is 16.4 Å². The van der Waals surface area contributed by atoms with Crippen LogP contribution in [0.3, 0.4) is 0 Å². The minimum atomic E-state index is -0.181. The van der Waals surface area contributed by atoms with Crippen molar-refractivity contribution in [3.05, 3.63) is 35.6 Å². The van der Waals surface area contributed by atoms with E-state index in [0.717, 1.165) is 6.42 Å². The van der Waals surface area contributed by atoms with Crippen LogP contribution in [0.1, 0.15) is 37.7 Å². The van der Waals surface area contributed by atoms with E-state index in [0.29, 0.717) is 12.2 Å². The lowest BCUT2D eigenvalue weighted by Gasteiger charge is -2.51. The molecule has 2 fully saturated rings. The molecule has 0 N–H and O–H groups in total. The molecule has 0 aromatic heterocycles. The Labute approximate surface area is 112 Å². The van der Waals surface area contributed by atoms with E-state index < -0.39 is 0 Å². The van der Waals surface area contributed by atoms with Crippen LogP contribution in [0, 0.1) is 11.2 Å². The molecular weight excluding hydrogens is 251 g/mol. The van der Waals surface area contributed by atoms with E-state index in [-0.39, 0.29) is 22.7 Å². The summed E-state index contributed by atoms with van der Waals surface area (Å²) in [5, 5.41) is 0.255. The molecule has 1 spiro atoms. The number of hydrogen-bond donors (Lipinski definition) is 0. The van der Waals surface area contributed by atoms with Crippen molar-refractivity contribution in [2.75, 3.05) is 0 Å². The molecule has 3 heteroatoms. The second-order valence-corrected chi connectivity index (χ2v) is 6.06. The van der Waals surface area contributed by atoms with Crippen LogP contribution in [0.5, 0.6) is 0 Å². The minimum absolute atomic E-state index is 0.181. The highest BCUT2D eigenvalue weighted by Gasteiger charge is 2.56. The van der Waals surface area contributed by atoms with Crippen LogP contribution in [0.25, 0.3) is 0 Å². The third-order valence-electron chi connectivity index (χ3n) is 4.62. The average molecular weight is 269 g/mol. The molecule has 0 radical (unpaired) electrons. The highest BCUT2D eigenvalue weighted by atomic mass is 35.5. The molecule has 2 aliphatic carbocycles. The molecule has 1 nitrogen and oxygen atoms in total. The molecule has 0 heterocycles. The van der Waals surface area contributed by atoms with Crippen LogP contribution in [0.4, 0.5) is 4.39 Å². The third kappa shape index (κ3) is 1.96. The molecule has 98 valence electrons. The Bertz CT molecular complexity index is 428. The monoisotopic (exact) mass is 268 g/mol. The van der Waals surface area contributed by atoms with Crippen LogP contribution in [0.2, 0.25) is 0 Å². The van der Waals surface area contributed by atoms with Crippen LogP contribution in [-0.4, -0.2) is 11.5 Å². The van der Waals surface area contributed by atoms with Gasteiger partial charge in [-0.15, -0.1) is 11.6 Å². The van der Waals surface area contributed by atoms with Crippen molar-refractivity contribution in [3.8, 4) is 0 Å². The van der Waals surface area contributed by atoms with Gasteiger partial charge in [-0.2, -0.15) is 0 Å². The summed E-state index contributed by atoms with van der Waals surface area (Å²) >= 11 is 6.37. The maximum absolute atomic E-state index is 13.5. The first-order valence-electron chi connectivity index (χ1n) is 6.71. The van der Waals surface area contributed by atoms with Crippen molar-refractivity contribution in [1.29, 1.82) is 0 Å². The van der Waals surface area contributed by atoms with Crippen molar-refractivity contribution in [2.24, 2.45) is 5.41 Å². The van der Waals surface area contributed by atoms with Crippen molar-refractivity contribution in [2.45, 2.75) is 50.2 Å². The topological polar surface area (TPSA) is 9.23 Å². The summed E-state index contributed by atoms with van der Waals surface area (Å²) in [6, 6.07) is 6.82. The van der Waals surface area contributed by atoms with Gasteiger partial charge < -0.3 is 4.74 Å². The predicted molar refractivity (Wildman–Crippen MR) is 70.1 cm³/mol. The molecule has 1 aromatic carbocycles. The van der Waals surface area contributed by atoms with Crippen molar-refractivity contribution in [3.63, 3.8) is 0 Å². The lowest BCUT2D eigenvalue weighted by molar-refractivity contribution is -0.112. The van der Waals surface area contributed by atoms with Gasteiger partial charge in [-0.1, -0.05) is 31.0 Å². The Hall–Kier alpha value is -0.600. The van der Waals surface area contributed by atoms with E-state index in [4.69, 9.17) is 16.3 Å². The number of ether oxygens (including phenoxy) is 1. The fourth-order valence-corrected chi connectivity index (χ4v) is 3.93. The Morgan fingerprint density at radius 2 is 2.00 bits per heavy atom. The first-order valence-corrected chi connectivity index (χ1v) is 7.15. The normalized spacial score (nSPS) is 29.4. The summed E-state index contributed by atoms with van der Waals surface area (Å²) in [6.07, 6.45) is 5.98. The van der Waals surface area contributed by atoms with Gasteiger partial charge in [-0.25, -0.2) is 4.39 Å². The maximum atomic E-state index is 13.5. The minimum Gasteiger partial charge on any atom is -0.373 e. The third-order valence-corrected chi connectivity index (χ3v) is 5.23. The van der Waals surface area contributed by atoms with E-state index in [2.05, 4.69) is 0 Å². The zero-order valence-corrected chi connectivity index (χ0v) is 11.1. The van der Waals surface area contributed by atoms with E-state index >= 15 is 0 Å². The van der Waals surface area contributed by atoms with Crippen molar-refractivity contribution in [1.82, 2.24) is 0 Å². The standard InChI is InChI=1S/C15H18ClFO/c16-13-9-14(15(13)7-3-4-8-15)18-10-11-5-1-2-6-12(11)17/h1-2,5-6,13-14H,3-4,7-10H2. The van der Waals surface area contributed by atoms with Crippen LogP contribution < -0.4 is 0 Å². The van der Waals surface area contributed by atoms with Crippen molar-refractivity contribution < 1.29 is 9.13 Å². The molecular formula is C15H18ClFO. The van der Waals surface area contributed by atoms with Gasteiger partial charge in [-0.3, -0.25) is 0 Å². The fourth-order valence-electron chi connectivity index (χ4n) is 3.41. The number of benzene rings is 1. The molecule has 2 aliphatic rings. The van der Waals surface area contributed by atoms with Gasteiger partial charge in [0.2, 0.25) is 0 Å². The highest BCUT2D eigenvalue weighted by molar-refractivity contribution is 6.21. The van der Waals surface area contributed by atoms with Crippen LogP contribution in [0.15, 0.2) is 24.3 Å². The zero-order chi connectivity index (χ0) is 12.6. The highest BCUT2D eigenvalue weighted by Crippen LogP contribution is 2.57. The molecule has 3 rings (SSSR count). The number of alkyl halides is 1. The summed E-state index contributed by atoms with van der Waals surface area (Å²) in [7, 11) is 0. The van der Waals surface area contributed by atoms with E-state index in [1.54, 1.807) is 12.1 Å². The summed E-state index contributed by atoms with van der Waals surface area (Å²) in [5.74, 6) is -0.181. The molecule has 2 unspecified atom stereocenters. The lowest BCUT2D eigenvalue weighted by Crippen LogP contribution is -2.54. The van der Waals surface area contributed by atoms with Gasteiger partial charge in [0.25, 0.3) is 0 Å². The predicted octanol–water partition coefficient (Wildman–Crippen LogP) is 4.28. The zero-order valence-electron chi connectivity index (χ0n) is 10.4. The van der Waals surface area contributed by atoms with Gasteiger partial charge >= 0.3 is 0 Å². The fraction of sp³-hybridized carbons (Fsp3) is 0.600. The maximum Gasteiger partial charge on any atom is 0.128 e. The molecule has 1 aromatic rings. The Morgan fingerprint density at radius 1 is 1.28 bits per heavy atom. The second kappa shape index (κ2) is 4.82. The Balaban J connectivity index is 1.63. The Morgan fingerprint density at radius 3 is 2.67 bits per heavy atom. The summed E-state index contributed by atoms with van der Waals surface area (Å²) in [4.78, 5) is 0. The van der Waals surface area contributed by atoms with E-state index in [9.17, 15) is 4.39 Å². The number of rotatable bonds is 3. The SMILES string of the molecule is Fc1ccccc1COC1CC(Cl)C12CCCC2. The molecule has 0 aliphatic heterocycles. The van der Waals surface area contributed by atoms with Gasteiger partial charge in [0.05, 0.1) is 12.7 Å². The smallest absolute Gasteiger partial charge is 0.128 e. The second-order valence-electron chi connectivity index (χ2n) is 5.53. The summed E-state index contributed by atoms with van der Waals surface area (Å²) in [5.41, 5.74) is 0.830. The van der Waals surface area contributed by atoms with Gasteiger partial charge in [0.15, 0.2) is 0 Å². The summed E-state index contributed by atoms with van der Waals surface area (Å²) in [6.45, 7) is 0.364. The van der Waals surface area contributed by atoms with E-state index in [1.165, 1.54) is 31.7 Å². The number of halogens is 2. The van der Waals surface area contributed by atoms with Crippen molar-refractivity contribution >= 4 is 11.6 Å². The van der Waals surface area contributed by atoms with Gasteiger partial charge in [0.1, 0.15) is 5.82 Å². The van der Waals surface area contributed by atoms with E-state index in [1.807, 2.05) is 6.07 Å². The first kappa shape index (κ1) is 12.4. The quantitative estimate of drug-likeness (QED) is 0.744. The summed E-state index contributed by atoms with van der Waals surface area (Å²) < 4.78 is 19.4. The largest absolute Gasteiger partial charge is 0.373 e. The average Bonchev–Trinajstić information content (AvgIpc) is 2.88. The van der Waals surface area contributed by atoms with Crippen LogP contribution >= 0.6 is 11.6 Å². The molecule has 0 saturated heterocycles. The van der Waals surface area contributed by atoms with Gasteiger partial charge in [-0.05, 0) is 25.3 Å².